The Morgan fingerprint density at radius 3 is 2.16 bits per heavy atom. The summed E-state index contributed by atoms with van der Waals surface area (Å²) in [5.41, 5.74) is 5.57. The van der Waals surface area contributed by atoms with Crippen molar-refractivity contribution in [3.05, 3.63) is 118 Å². The number of para-hydroxylation sites is 1. The minimum absolute atomic E-state index is 0.255. The van der Waals surface area contributed by atoms with Gasteiger partial charge in [0.05, 0.1) is 18.4 Å². The number of aromatic amines is 1. The second-order valence-electron chi connectivity index (χ2n) is 7.08. The first-order valence-electron chi connectivity index (χ1n) is 10.0. The van der Waals surface area contributed by atoms with Crippen LogP contribution < -0.4 is 15.7 Å². The summed E-state index contributed by atoms with van der Waals surface area (Å²) in [5.74, 6) is 0.261. The summed E-state index contributed by atoms with van der Waals surface area (Å²) >= 11 is 0. The van der Waals surface area contributed by atoms with Gasteiger partial charge in [-0.1, -0.05) is 48.5 Å². The van der Waals surface area contributed by atoms with Crippen molar-refractivity contribution in [1.29, 1.82) is 0 Å². The quantitative estimate of drug-likeness (QED) is 0.364. The van der Waals surface area contributed by atoms with E-state index in [-0.39, 0.29) is 5.56 Å². The monoisotopic (exact) mass is 426 g/mol. The highest BCUT2D eigenvalue weighted by atomic mass is 16.5. The van der Waals surface area contributed by atoms with Crippen LogP contribution in [0.1, 0.15) is 27.2 Å². The van der Waals surface area contributed by atoms with Crippen LogP contribution in [0.25, 0.3) is 5.69 Å². The predicted molar refractivity (Wildman–Crippen MR) is 124 cm³/mol. The molecule has 0 saturated carbocycles. The summed E-state index contributed by atoms with van der Waals surface area (Å²) < 4.78 is 6.59. The molecule has 160 valence electrons. The Morgan fingerprint density at radius 2 is 1.53 bits per heavy atom. The molecule has 7 heteroatoms. The molecule has 1 aromatic heterocycles. The fourth-order valence-corrected chi connectivity index (χ4v) is 3.36. The van der Waals surface area contributed by atoms with E-state index < -0.39 is 5.91 Å². The Balaban J connectivity index is 1.75. The van der Waals surface area contributed by atoms with Crippen LogP contribution in [0.5, 0.6) is 5.75 Å². The van der Waals surface area contributed by atoms with Gasteiger partial charge >= 0.3 is 0 Å². The van der Waals surface area contributed by atoms with Crippen LogP contribution in [0, 0.1) is 6.92 Å². The molecule has 0 radical (unpaired) electrons. The maximum atomic E-state index is 13.3. The van der Waals surface area contributed by atoms with Crippen LogP contribution in [0.4, 0.5) is 0 Å². The predicted octanol–water partition coefficient (Wildman–Crippen LogP) is 3.67. The Bertz CT molecular complexity index is 1310. The fourth-order valence-electron chi connectivity index (χ4n) is 3.36. The second kappa shape index (κ2) is 9.18. The summed E-state index contributed by atoms with van der Waals surface area (Å²) in [6, 6.07) is 25.3. The summed E-state index contributed by atoms with van der Waals surface area (Å²) in [7, 11) is 1.56. The Hall–Kier alpha value is -4.39. The second-order valence-corrected chi connectivity index (χ2v) is 7.08. The van der Waals surface area contributed by atoms with Gasteiger partial charge in [0, 0.05) is 16.8 Å². The van der Waals surface area contributed by atoms with Crippen molar-refractivity contribution >= 4 is 11.6 Å². The average molecular weight is 426 g/mol. The molecule has 1 amide bonds. The molecule has 4 aromatic rings. The van der Waals surface area contributed by atoms with Gasteiger partial charge in [0.15, 0.2) is 0 Å². The SMILES string of the molecule is COc1ccc(C(=O)N/N=C(/c2ccccc2)c2c(C)[nH]n(-c3ccccc3)c2=O)cc1. The fraction of sp³-hybridized carbons (Fsp3) is 0.0800. The molecule has 0 unspecified atom stereocenters. The van der Waals surface area contributed by atoms with Crippen molar-refractivity contribution in [3.8, 4) is 11.4 Å². The largest absolute Gasteiger partial charge is 0.497 e. The molecule has 0 atom stereocenters. The molecule has 4 rings (SSSR count). The standard InChI is InChI=1S/C25H22N4O3/c1-17-22(25(31)29(28-17)20-11-7-4-8-12-20)23(18-9-5-3-6-10-18)26-27-24(30)19-13-15-21(32-2)16-14-19/h3-16,28H,1-2H3,(H,27,30)/b26-23-. The zero-order chi connectivity index (χ0) is 22.5. The molecule has 3 aromatic carbocycles. The van der Waals surface area contributed by atoms with Crippen LogP contribution >= 0.6 is 0 Å². The number of aromatic nitrogens is 2. The number of hydrogen-bond acceptors (Lipinski definition) is 4. The van der Waals surface area contributed by atoms with Crippen LogP contribution in [0.2, 0.25) is 0 Å². The lowest BCUT2D eigenvalue weighted by Crippen LogP contribution is -2.25. The van der Waals surface area contributed by atoms with Crippen molar-refractivity contribution in [3.63, 3.8) is 0 Å². The highest BCUT2D eigenvalue weighted by molar-refractivity contribution is 6.13. The van der Waals surface area contributed by atoms with E-state index in [2.05, 4.69) is 15.6 Å². The lowest BCUT2D eigenvalue weighted by molar-refractivity contribution is 0.0955. The molecule has 0 saturated heterocycles. The third-order valence-electron chi connectivity index (χ3n) is 4.99. The Labute approximate surface area is 185 Å². The molecule has 1 heterocycles. The number of hydrogen-bond donors (Lipinski definition) is 2. The van der Waals surface area contributed by atoms with Gasteiger partial charge in [-0.2, -0.15) is 5.10 Å². The van der Waals surface area contributed by atoms with Gasteiger partial charge in [0.2, 0.25) is 0 Å². The number of methoxy groups -OCH3 is 1. The third kappa shape index (κ3) is 4.22. The first kappa shape index (κ1) is 20.9. The van der Waals surface area contributed by atoms with E-state index in [0.717, 1.165) is 0 Å². The van der Waals surface area contributed by atoms with Crippen molar-refractivity contribution in [2.45, 2.75) is 6.92 Å². The zero-order valence-electron chi connectivity index (χ0n) is 17.7. The molecule has 0 fully saturated rings. The van der Waals surface area contributed by atoms with Gasteiger partial charge < -0.3 is 4.74 Å². The molecular formula is C25H22N4O3. The van der Waals surface area contributed by atoms with Crippen LogP contribution in [0.15, 0.2) is 94.8 Å². The summed E-state index contributed by atoms with van der Waals surface area (Å²) in [6.45, 7) is 1.81. The number of nitrogens with zero attached hydrogens (tertiary/aromatic N) is 2. The molecule has 7 nitrogen and oxygen atoms in total. The number of H-pyrrole nitrogens is 1. The highest BCUT2D eigenvalue weighted by Crippen LogP contribution is 2.14. The molecule has 0 bridgehead atoms. The lowest BCUT2D eigenvalue weighted by atomic mass is 10.0. The van der Waals surface area contributed by atoms with Crippen molar-refractivity contribution in [2.75, 3.05) is 7.11 Å². The lowest BCUT2D eigenvalue weighted by Gasteiger charge is -2.07. The van der Waals surface area contributed by atoms with Crippen LogP contribution in [-0.2, 0) is 0 Å². The van der Waals surface area contributed by atoms with Gasteiger partial charge in [0.25, 0.3) is 11.5 Å². The van der Waals surface area contributed by atoms with E-state index in [9.17, 15) is 9.59 Å². The number of amides is 1. The Kier molecular flexibility index (Phi) is 5.98. The summed E-state index contributed by atoms with van der Waals surface area (Å²) in [5, 5.41) is 7.47. The van der Waals surface area contributed by atoms with Crippen molar-refractivity contribution in [2.24, 2.45) is 5.10 Å². The minimum Gasteiger partial charge on any atom is -0.497 e. The minimum atomic E-state index is -0.391. The smallest absolute Gasteiger partial charge is 0.281 e. The number of nitrogens with one attached hydrogen (secondary N) is 2. The van der Waals surface area contributed by atoms with Crippen molar-refractivity contribution in [1.82, 2.24) is 15.2 Å². The van der Waals surface area contributed by atoms with Gasteiger partial charge in [-0.05, 0) is 43.3 Å². The van der Waals surface area contributed by atoms with Gasteiger partial charge in [-0.15, -0.1) is 0 Å². The molecule has 0 aliphatic carbocycles. The van der Waals surface area contributed by atoms with E-state index in [1.165, 1.54) is 4.68 Å². The number of carbonyl (C=O) groups excluding carboxylic acids is 1. The van der Waals surface area contributed by atoms with Crippen molar-refractivity contribution < 1.29 is 9.53 Å². The molecule has 0 aliphatic heterocycles. The average Bonchev–Trinajstić information content (AvgIpc) is 3.14. The first-order chi connectivity index (χ1) is 15.6. The Morgan fingerprint density at radius 1 is 0.906 bits per heavy atom. The van der Waals surface area contributed by atoms with E-state index in [1.807, 2.05) is 60.7 Å². The maximum Gasteiger partial charge on any atom is 0.281 e. The highest BCUT2D eigenvalue weighted by Gasteiger charge is 2.20. The third-order valence-corrected chi connectivity index (χ3v) is 4.99. The van der Waals surface area contributed by atoms with Gasteiger partial charge in [0.1, 0.15) is 11.5 Å². The first-order valence-corrected chi connectivity index (χ1v) is 10.0. The number of aryl methyl sites for hydroxylation is 1. The van der Waals surface area contributed by atoms with Crippen LogP contribution in [-0.4, -0.2) is 28.5 Å². The number of hydrazone groups is 1. The number of benzene rings is 3. The van der Waals surface area contributed by atoms with E-state index >= 15 is 0 Å². The molecular weight excluding hydrogens is 404 g/mol. The topological polar surface area (TPSA) is 88.5 Å². The normalized spacial score (nSPS) is 11.2. The van der Waals surface area contributed by atoms with E-state index in [0.29, 0.717) is 39.5 Å². The maximum absolute atomic E-state index is 13.3. The summed E-state index contributed by atoms with van der Waals surface area (Å²) in [6.07, 6.45) is 0. The van der Waals surface area contributed by atoms with Gasteiger partial charge in [-0.3, -0.25) is 14.7 Å². The number of carbonyl (C=O) groups is 1. The van der Waals surface area contributed by atoms with Crippen LogP contribution in [0.3, 0.4) is 0 Å². The number of rotatable bonds is 6. The van der Waals surface area contributed by atoms with E-state index in [1.54, 1.807) is 38.3 Å². The molecule has 0 aliphatic rings. The van der Waals surface area contributed by atoms with Gasteiger partial charge in [-0.25, -0.2) is 10.1 Å². The zero-order valence-corrected chi connectivity index (χ0v) is 17.7. The molecule has 32 heavy (non-hydrogen) atoms. The number of ether oxygens (including phenoxy) is 1. The molecule has 0 spiro atoms. The summed E-state index contributed by atoms with van der Waals surface area (Å²) in [4.78, 5) is 26.0. The van der Waals surface area contributed by atoms with E-state index in [4.69, 9.17) is 4.74 Å². The molecule has 2 N–H and O–H groups in total.